The van der Waals surface area contributed by atoms with Gasteiger partial charge in [0.2, 0.25) is 0 Å². The van der Waals surface area contributed by atoms with Gasteiger partial charge in [-0.25, -0.2) is 9.97 Å². The fourth-order valence-electron chi connectivity index (χ4n) is 4.78. The molecule has 1 aliphatic carbocycles. The van der Waals surface area contributed by atoms with Crippen molar-refractivity contribution in [1.29, 1.82) is 0 Å². The van der Waals surface area contributed by atoms with Crippen molar-refractivity contribution in [3.05, 3.63) is 59.6 Å². The minimum atomic E-state index is 0.251. The quantitative estimate of drug-likeness (QED) is 0.412. The van der Waals surface area contributed by atoms with Crippen LogP contribution in [0.4, 0.5) is 0 Å². The third kappa shape index (κ3) is 3.74. The summed E-state index contributed by atoms with van der Waals surface area (Å²) < 4.78 is 6.41. The highest BCUT2D eigenvalue weighted by Crippen LogP contribution is 2.39. The van der Waals surface area contributed by atoms with Gasteiger partial charge in [-0.05, 0) is 62.3 Å². The van der Waals surface area contributed by atoms with Crippen molar-refractivity contribution in [2.24, 2.45) is 5.92 Å². The van der Waals surface area contributed by atoms with Crippen LogP contribution in [0.1, 0.15) is 50.8 Å². The van der Waals surface area contributed by atoms with Crippen molar-refractivity contribution in [1.82, 2.24) is 19.9 Å². The molecule has 5 rings (SSSR count). The van der Waals surface area contributed by atoms with E-state index in [0.29, 0.717) is 16.9 Å². The number of rotatable bonds is 5. The molecule has 154 valence electrons. The number of hydrogen-bond donors (Lipinski definition) is 1. The van der Waals surface area contributed by atoms with Crippen molar-refractivity contribution >= 4 is 33.7 Å². The average molecular weight is 421 g/mol. The van der Waals surface area contributed by atoms with Gasteiger partial charge in [0, 0.05) is 23.7 Å². The van der Waals surface area contributed by atoms with Crippen molar-refractivity contribution in [3.63, 3.8) is 0 Å². The van der Waals surface area contributed by atoms with Crippen molar-refractivity contribution < 1.29 is 4.74 Å². The van der Waals surface area contributed by atoms with E-state index in [9.17, 15) is 0 Å². The minimum Gasteiger partial charge on any atom is -0.490 e. The number of nitrogens with zero attached hydrogens (tertiary/aromatic N) is 3. The summed E-state index contributed by atoms with van der Waals surface area (Å²) in [6, 6.07) is 12.0. The molecule has 3 heterocycles. The van der Waals surface area contributed by atoms with Gasteiger partial charge in [0.05, 0.1) is 22.2 Å². The third-order valence-electron chi connectivity index (χ3n) is 6.30. The van der Waals surface area contributed by atoms with Crippen LogP contribution in [0, 0.1) is 5.92 Å². The molecule has 0 unspecified atom stereocenters. The van der Waals surface area contributed by atoms with E-state index in [-0.39, 0.29) is 6.10 Å². The Balaban J connectivity index is 1.28. The van der Waals surface area contributed by atoms with E-state index < -0.39 is 0 Å². The lowest BCUT2D eigenvalue weighted by Crippen LogP contribution is -2.27. The normalized spacial score (nSPS) is 20.5. The topological polar surface area (TPSA) is 63.7 Å². The van der Waals surface area contributed by atoms with Gasteiger partial charge in [0.25, 0.3) is 0 Å². The number of halogens is 1. The number of imidazole rings is 1. The molecule has 5 nitrogen and oxygen atoms in total. The SMILES string of the molecule is CC[C@H](c1nc2ncc(Cl)cc2[nH]1)C1CCC(Oc2ccnc3ccccc23)CC1. The van der Waals surface area contributed by atoms with Crippen LogP contribution in [0.5, 0.6) is 5.75 Å². The first kappa shape index (κ1) is 19.3. The Morgan fingerprint density at radius 1 is 1.13 bits per heavy atom. The number of hydrogen-bond acceptors (Lipinski definition) is 4. The van der Waals surface area contributed by atoms with Crippen LogP contribution < -0.4 is 4.74 Å². The molecule has 0 aliphatic heterocycles. The largest absolute Gasteiger partial charge is 0.490 e. The number of fused-ring (bicyclic) bond motifs is 2. The molecule has 1 fully saturated rings. The van der Waals surface area contributed by atoms with Crippen LogP contribution in [0.2, 0.25) is 5.02 Å². The van der Waals surface area contributed by atoms with E-state index in [0.717, 1.165) is 65.7 Å². The predicted octanol–water partition coefficient (Wildman–Crippen LogP) is 6.29. The molecular formula is C24H25ClN4O. The van der Waals surface area contributed by atoms with E-state index >= 15 is 0 Å². The van der Waals surface area contributed by atoms with Gasteiger partial charge in [-0.15, -0.1) is 0 Å². The molecule has 4 aromatic rings. The molecule has 0 amide bonds. The van der Waals surface area contributed by atoms with Crippen LogP contribution in [0.3, 0.4) is 0 Å². The summed E-state index contributed by atoms with van der Waals surface area (Å²) in [7, 11) is 0. The second-order valence-electron chi connectivity index (χ2n) is 8.14. The monoisotopic (exact) mass is 420 g/mol. The average Bonchev–Trinajstić information content (AvgIpc) is 3.18. The van der Waals surface area contributed by atoms with E-state index in [1.54, 1.807) is 6.20 Å². The zero-order valence-corrected chi connectivity index (χ0v) is 17.8. The number of aromatic amines is 1. The molecule has 0 saturated heterocycles. The second kappa shape index (κ2) is 8.23. The number of nitrogens with one attached hydrogen (secondary N) is 1. The smallest absolute Gasteiger partial charge is 0.177 e. The molecule has 1 atom stereocenters. The Morgan fingerprint density at radius 2 is 1.97 bits per heavy atom. The molecule has 3 aromatic heterocycles. The van der Waals surface area contributed by atoms with Crippen molar-refractivity contribution in [2.75, 3.05) is 0 Å². The molecule has 1 aromatic carbocycles. The Labute approximate surface area is 180 Å². The van der Waals surface area contributed by atoms with Crippen LogP contribution in [0.25, 0.3) is 22.1 Å². The summed E-state index contributed by atoms with van der Waals surface area (Å²) in [5.41, 5.74) is 2.64. The first-order valence-electron chi connectivity index (χ1n) is 10.7. The Hall–Kier alpha value is -2.66. The minimum absolute atomic E-state index is 0.251. The Kier molecular flexibility index (Phi) is 5.30. The maximum Gasteiger partial charge on any atom is 0.177 e. The summed E-state index contributed by atoms with van der Waals surface area (Å²) in [6.07, 6.45) is 9.18. The maximum absolute atomic E-state index is 6.41. The molecule has 0 radical (unpaired) electrons. The van der Waals surface area contributed by atoms with Gasteiger partial charge in [-0.3, -0.25) is 4.98 Å². The lowest BCUT2D eigenvalue weighted by molar-refractivity contribution is 0.122. The van der Waals surface area contributed by atoms with Crippen molar-refractivity contribution in [2.45, 2.75) is 51.0 Å². The summed E-state index contributed by atoms with van der Waals surface area (Å²) in [4.78, 5) is 17.0. The first-order chi connectivity index (χ1) is 14.7. The number of aromatic nitrogens is 4. The number of para-hydroxylation sites is 1. The lowest BCUT2D eigenvalue weighted by Gasteiger charge is -2.33. The van der Waals surface area contributed by atoms with Gasteiger partial charge in [-0.2, -0.15) is 0 Å². The van der Waals surface area contributed by atoms with Crippen LogP contribution in [-0.2, 0) is 0 Å². The molecule has 0 bridgehead atoms. The summed E-state index contributed by atoms with van der Waals surface area (Å²) in [5.74, 6) is 2.98. The molecule has 6 heteroatoms. The molecule has 1 saturated carbocycles. The third-order valence-corrected chi connectivity index (χ3v) is 6.51. The molecular weight excluding hydrogens is 396 g/mol. The van der Waals surface area contributed by atoms with Crippen LogP contribution in [-0.4, -0.2) is 26.0 Å². The molecule has 30 heavy (non-hydrogen) atoms. The predicted molar refractivity (Wildman–Crippen MR) is 120 cm³/mol. The lowest BCUT2D eigenvalue weighted by atomic mass is 9.77. The highest BCUT2D eigenvalue weighted by atomic mass is 35.5. The first-order valence-corrected chi connectivity index (χ1v) is 11.1. The highest BCUT2D eigenvalue weighted by Gasteiger charge is 2.30. The van der Waals surface area contributed by atoms with Crippen molar-refractivity contribution in [3.8, 4) is 5.75 Å². The van der Waals surface area contributed by atoms with E-state index in [1.807, 2.05) is 36.5 Å². The standard InChI is InChI=1S/C24H25ClN4O/c1-2-18(23-28-21-13-16(25)14-27-24(21)29-23)15-7-9-17(10-8-15)30-22-11-12-26-20-6-4-3-5-19(20)22/h3-6,11-15,17-18H,2,7-10H2,1H3,(H,27,28,29)/t15?,17?,18-/m0/s1. The van der Waals surface area contributed by atoms with Gasteiger partial charge >= 0.3 is 0 Å². The van der Waals surface area contributed by atoms with Crippen LogP contribution in [0.15, 0.2) is 48.8 Å². The fourth-order valence-corrected chi connectivity index (χ4v) is 4.94. The number of pyridine rings is 2. The number of benzene rings is 1. The number of ether oxygens (including phenoxy) is 1. The van der Waals surface area contributed by atoms with Gasteiger partial charge in [0.1, 0.15) is 11.6 Å². The molecule has 1 aliphatic rings. The van der Waals surface area contributed by atoms with Gasteiger partial charge in [0.15, 0.2) is 5.65 Å². The molecule has 0 spiro atoms. The second-order valence-corrected chi connectivity index (χ2v) is 8.58. The van der Waals surface area contributed by atoms with Gasteiger partial charge < -0.3 is 9.72 Å². The van der Waals surface area contributed by atoms with E-state index in [2.05, 4.69) is 27.9 Å². The van der Waals surface area contributed by atoms with Crippen LogP contribution >= 0.6 is 11.6 Å². The van der Waals surface area contributed by atoms with E-state index in [4.69, 9.17) is 21.3 Å². The molecule has 1 N–H and O–H groups in total. The Morgan fingerprint density at radius 3 is 2.80 bits per heavy atom. The highest BCUT2D eigenvalue weighted by molar-refractivity contribution is 6.31. The van der Waals surface area contributed by atoms with Gasteiger partial charge in [-0.1, -0.05) is 30.7 Å². The number of H-pyrrole nitrogens is 1. The fraction of sp³-hybridized carbons (Fsp3) is 0.375. The summed E-state index contributed by atoms with van der Waals surface area (Å²) >= 11 is 6.08. The summed E-state index contributed by atoms with van der Waals surface area (Å²) in [6.45, 7) is 2.24. The Bertz CT molecular complexity index is 1160. The van der Waals surface area contributed by atoms with E-state index in [1.165, 1.54) is 0 Å². The zero-order chi connectivity index (χ0) is 20.5. The summed E-state index contributed by atoms with van der Waals surface area (Å²) in [5, 5.41) is 1.72. The maximum atomic E-state index is 6.41. The zero-order valence-electron chi connectivity index (χ0n) is 17.0.